The lowest BCUT2D eigenvalue weighted by Crippen LogP contribution is -2.39. The summed E-state index contributed by atoms with van der Waals surface area (Å²) in [4.78, 5) is 4.34. The standard InChI is InChI=1S/C22H35N5O.HI/c1-15(2)28-21-10-16(3)8-9-20(21)13-25-22(23-7)24-12-17(4)14-27-19(6)11-18(5)26-27;/h8-11,15,17H,12-14H2,1-7H3,(H2,23,24,25);1H. The van der Waals surface area contributed by atoms with E-state index in [4.69, 9.17) is 4.74 Å². The summed E-state index contributed by atoms with van der Waals surface area (Å²) >= 11 is 0. The van der Waals surface area contributed by atoms with E-state index in [1.807, 2.05) is 20.8 Å². The molecule has 7 heteroatoms. The van der Waals surface area contributed by atoms with Crippen molar-refractivity contribution in [2.75, 3.05) is 13.6 Å². The number of hydrogen-bond donors (Lipinski definition) is 2. The van der Waals surface area contributed by atoms with Crippen LogP contribution in [0.4, 0.5) is 0 Å². The molecule has 6 nitrogen and oxygen atoms in total. The molecule has 1 aromatic carbocycles. The van der Waals surface area contributed by atoms with E-state index in [0.29, 0.717) is 12.5 Å². The molecule has 0 aliphatic carbocycles. The molecular weight excluding hydrogens is 477 g/mol. The maximum absolute atomic E-state index is 5.96. The Morgan fingerprint density at radius 2 is 1.86 bits per heavy atom. The van der Waals surface area contributed by atoms with Gasteiger partial charge in [-0.1, -0.05) is 19.1 Å². The minimum Gasteiger partial charge on any atom is -0.491 e. The predicted octanol–water partition coefficient (Wildman–Crippen LogP) is 4.21. The smallest absolute Gasteiger partial charge is 0.191 e. The number of guanidine groups is 1. The molecule has 0 saturated carbocycles. The molecule has 2 rings (SSSR count). The topological polar surface area (TPSA) is 63.5 Å². The van der Waals surface area contributed by atoms with Gasteiger partial charge in [0.15, 0.2) is 5.96 Å². The van der Waals surface area contributed by atoms with Crippen molar-refractivity contribution in [2.24, 2.45) is 10.9 Å². The summed E-state index contributed by atoms with van der Waals surface area (Å²) in [5, 5.41) is 11.3. The molecule has 0 amide bonds. The molecule has 0 saturated heterocycles. The van der Waals surface area contributed by atoms with Crippen molar-refractivity contribution in [1.82, 2.24) is 20.4 Å². The Hall–Kier alpha value is -1.77. The monoisotopic (exact) mass is 513 g/mol. The van der Waals surface area contributed by atoms with E-state index in [9.17, 15) is 0 Å². The number of aromatic nitrogens is 2. The highest BCUT2D eigenvalue weighted by Crippen LogP contribution is 2.21. The van der Waals surface area contributed by atoms with E-state index in [2.05, 4.69) is 70.4 Å². The molecule has 1 aromatic heterocycles. The van der Waals surface area contributed by atoms with E-state index in [1.54, 1.807) is 7.05 Å². The number of ether oxygens (including phenoxy) is 1. The third-order valence-electron chi connectivity index (χ3n) is 4.46. The fourth-order valence-electron chi connectivity index (χ4n) is 3.06. The number of aliphatic imine (C=N–C) groups is 1. The Bertz CT molecular complexity index is 800. The molecule has 0 aliphatic heterocycles. The summed E-state index contributed by atoms with van der Waals surface area (Å²) in [6.07, 6.45) is 0.147. The molecule has 0 aliphatic rings. The normalized spacial score (nSPS) is 12.5. The summed E-state index contributed by atoms with van der Waals surface area (Å²) in [7, 11) is 1.79. The van der Waals surface area contributed by atoms with E-state index in [0.717, 1.165) is 36.1 Å². The first-order valence-corrected chi connectivity index (χ1v) is 10.00. The Morgan fingerprint density at radius 1 is 1.14 bits per heavy atom. The van der Waals surface area contributed by atoms with Crippen LogP contribution in [-0.2, 0) is 13.1 Å². The minimum absolute atomic E-state index is 0. The second kappa shape index (κ2) is 12.0. The Morgan fingerprint density at radius 3 is 2.45 bits per heavy atom. The maximum atomic E-state index is 5.96. The van der Waals surface area contributed by atoms with E-state index < -0.39 is 0 Å². The van der Waals surface area contributed by atoms with Gasteiger partial charge in [0, 0.05) is 37.9 Å². The number of halogens is 1. The maximum Gasteiger partial charge on any atom is 0.191 e. The van der Waals surface area contributed by atoms with Crippen molar-refractivity contribution < 1.29 is 4.74 Å². The average molecular weight is 513 g/mol. The molecule has 2 aromatic rings. The Labute approximate surface area is 192 Å². The molecule has 0 spiro atoms. The van der Waals surface area contributed by atoms with Gasteiger partial charge in [-0.3, -0.25) is 9.67 Å². The second-order valence-electron chi connectivity index (χ2n) is 7.80. The predicted molar refractivity (Wildman–Crippen MR) is 131 cm³/mol. The summed E-state index contributed by atoms with van der Waals surface area (Å²) in [5.41, 5.74) is 4.58. The first kappa shape index (κ1) is 25.3. The van der Waals surface area contributed by atoms with Crippen molar-refractivity contribution >= 4 is 29.9 Å². The Kier molecular flexibility index (Phi) is 10.5. The van der Waals surface area contributed by atoms with Crippen molar-refractivity contribution in [1.29, 1.82) is 0 Å². The van der Waals surface area contributed by atoms with Crippen LogP contribution in [0.15, 0.2) is 29.3 Å². The van der Waals surface area contributed by atoms with Crippen LogP contribution < -0.4 is 15.4 Å². The van der Waals surface area contributed by atoms with Crippen LogP contribution in [0.2, 0.25) is 0 Å². The van der Waals surface area contributed by atoms with Gasteiger partial charge in [-0.15, -0.1) is 24.0 Å². The lowest BCUT2D eigenvalue weighted by molar-refractivity contribution is 0.239. The van der Waals surface area contributed by atoms with Gasteiger partial charge >= 0.3 is 0 Å². The number of nitrogens with one attached hydrogen (secondary N) is 2. The minimum atomic E-state index is 0. The van der Waals surface area contributed by atoms with Gasteiger partial charge in [-0.2, -0.15) is 5.10 Å². The zero-order valence-corrected chi connectivity index (χ0v) is 21.1. The van der Waals surface area contributed by atoms with Gasteiger partial charge < -0.3 is 15.4 Å². The van der Waals surface area contributed by atoms with Crippen LogP contribution in [0.25, 0.3) is 0 Å². The van der Waals surface area contributed by atoms with Gasteiger partial charge in [-0.05, 0) is 58.2 Å². The van der Waals surface area contributed by atoms with Crippen LogP contribution in [0.1, 0.15) is 43.3 Å². The van der Waals surface area contributed by atoms with Crippen LogP contribution in [0.3, 0.4) is 0 Å². The van der Waals surface area contributed by atoms with E-state index in [-0.39, 0.29) is 30.1 Å². The van der Waals surface area contributed by atoms with Crippen molar-refractivity contribution in [3.63, 3.8) is 0 Å². The van der Waals surface area contributed by atoms with Crippen molar-refractivity contribution in [3.05, 3.63) is 46.8 Å². The van der Waals surface area contributed by atoms with E-state index >= 15 is 0 Å². The van der Waals surface area contributed by atoms with Crippen LogP contribution in [0, 0.1) is 26.7 Å². The SMILES string of the molecule is CN=C(NCc1ccc(C)cc1OC(C)C)NCC(C)Cn1nc(C)cc1C.I. The van der Waals surface area contributed by atoms with Gasteiger partial charge in [0.05, 0.1) is 11.8 Å². The third kappa shape index (κ3) is 8.24. The molecule has 162 valence electrons. The lowest BCUT2D eigenvalue weighted by Gasteiger charge is -2.19. The second-order valence-corrected chi connectivity index (χ2v) is 7.80. The van der Waals surface area contributed by atoms with Crippen molar-refractivity contribution in [3.8, 4) is 5.75 Å². The van der Waals surface area contributed by atoms with Gasteiger partial charge in [0.1, 0.15) is 5.75 Å². The van der Waals surface area contributed by atoms with Gasteiger partial charge in [-0.25, -0.2) is 0 Å². The molecule has 2 N–H and O–H groups in total. The fourth-order valence-corrected chi connectivity index (χ4v) is 3.06. The number of benzene rings is 1. The van der Waals surface area contributed by atoms with Crippen LogP contribution >= 0.6 is 24.0 Å². The summed E-state index contributed by atoms with van der Waals surface area (Å²) < 4.78 is 8.03. The number of rotatable bonds is 8. The van der Waals surface area contributed by atoms with Gasteiger partial charge in [0.2, 0.25) is 0 Å². The fraction of sp³-hybridized carbons (Fsp3) is 0.545. The molecule has 1 atom stereocenters. The summed E-state index contributed by atoms with van der Waals surface area (Å²) in [5.74, 6) is 2.14. The number of aryl methyl sites for hydroxylation is 3. The first-order valence-electron chi connectivity index (χ1n) is 10.00. The highest BCUT2D eigenvalue weighted by atomic mass is 127. The highest BCUT2D eigenvalue weighted by Gasteiger charge is 2.10. The zero-order valence-electron chi connectivity index (χ0n) is 18.7. The molecule has 29 heavy (non-hydrogen) atoms. The molecule has 1 unspecified atom stereocenters. The average Bonchev–Trinajstić information content (AvgIpc) is 2.93. The first-order chi connectivity index (χ1) is 13.3. The number of hydrogen-bond acceptors (Lipinski definition) is 3. The van der Waals surface area contributed by atoms with E-state index in [1.165, 1.54) is 11.3 Å². The van der Waals surface area contributed by atoms with Crippen LogP contribution in [0.5, 0.6) is 5.75 Å². The van der Waals surface area contributed by atoms with Crippen molar-refractivity contribution in [2.45, 2.75) is 60.7 Å². The number of nitrogens with zero attached hydrogens (tertiary/aromatic N) is 3. The highest BCUT2D eigenvalue weighted by molar-refractivity contribution is 14.0. The quantitative estimate of drug-likeness (QED) is 0.315. The molecule has 0 radical (unpaired) electrons. The molecule has 0 bridgehead atoms. The Balaban J connectivity index is 0.00000420. The summed E-state index contributed by atoms with van der Waals surface area (Å²) in [6.45, 7) is 14.9. The molecule has 0 fully saturated rings. The third-order valence-corrected chi connectivity index (χ3v) is 4.46. The lowest BCUT2D eigenvalue weighted by atomic mass is 10.1. The molecular formula is C22H36IN5O. The molecule has 1 heterocycles. The summed E-state index contributed by atoms with van der Waals surface area (Å²) in [6, 6.07) is 8.42. The van der Waals surface area contributed by atoms with Gasteiger partial charge in [0.25, 0.3) is 0 Å². The zero-order chi connectivity index (χ0) is 20.7. The largest absolute Gasteiger partial charge is 0.491 e. The van der Waals surface area contributed by atoms with Crippen LogP contribution in [-0.4, -0.2) is 35.4 Å².